The van der Waals surface area contributed by atoms with Crippen LogP contribution in [0.15, 0.2) is 42.5 Å². The lowest BCUT2D eigenvalue weighted by Gasteiger charge is -2.07. The highest BCUT2D eigenvalue weighted by atomic mass is 19.2. The number of hydrogen-bond donors (Lipinski definition) is 2. The lowest BCUT2D eigenvalue weighted by molar-refractivity contribution is 0.102. The Morgan fingerprint density at radius 2 is 1.74 bits per heavy atom. The fraction of sp³-hybridized carbons (Fsp3) is 0.0714. The third-order valence-corrected chi connectivity index (χ3v) is 2.64. The van der Waals surface area contributed by atoms with Gasteiger partial charge >= 0.3 is 0 Å². The molecule has 2 aromatic rings. The normalized spacial score (nSPS) is 10.1. The zero-order valence-corrected chi connectivity index (χ0v) is 10.2. The van der Waals surface area contributed by atoms with E-state index in [9.17, 15) is 13.6 Å². The molecule has 2 rings (SSSR count). The third kappa shape index (κ3) is 2.88. The molecule has 5 heteroatoms. The molecule has 0 fully saturated rings. The van der Waals surface area contributed by atoms with Crippen molar-refractivity contribution < 1.29 is 13.6 Å². The third-order valence-electron chi connectivity index (χ3n) is 2.64. The Morgan fingerprint density at radius 1 is 1.05 bits per heavy atom. The van der Waals surface area contributed by atoms with Crippen molar-refractivity contribution in [3.05, 3.63) is 59.7 Å². The number of halogens is 2. The van der Waals surface area contributed by atoms with Crippen molar-refractivity contribution in [1.29, 1.82) is 0 Å². The quantitative estimate of drug-likeness (QED) is 0.891. The first-order valence-corrected chi connectivity index (χ1v) is 5.65. The Morgan fingerprint density at radius 3 is 2.37 bits per heavy atom. The molecule has 0 unspecified atom stereocenters. The molecule has 1 amide bonds. The summed E-state index contributed by atoms with van der Waals surface area (Å²) in [5.74, 6) is -2.56. The summed E-state index contributed by atoms with van der Waals surface area (Å²) in [5, 5.41) is 5.25. The van der Waals surface area contributed by atoms with Crippen LogP contribution >= 0.6 is 0 Å². The molecule has 0 radical (unpaired) electrons. The van der Waals surface area contributed by atoms with Crippen LogP contribution in [0.3, 0.4) is 0 Å². The van der Waals surface area contributed by atoms with Crippen LogP contribution < -0.4 is 10.6 Å². The van der Waals surface area contributed by atoms with Gasteiger partial charge in [0, 0.05) is 18.3 Å². The summed E-state index contributed by atoms with van der Waals surface area (Å²) >= 11 is 0. The Kier molecular flexibility index (Phi) is 3.75. The fourth-order valence-corrected chi connectivity index (χ4v) is 1.58. The molecule has 3 nitrogen and oxygen atoms in total. The van der Waals surface area contributed by atoms with E-state index in [1.54, 1.807) is 31.3 Å². The maximum Gasteiger partial charge on any atom is 0.255 e. The van der Waals surface area contributed by atoms with E-state index in [1.165, 1.54) is 12.1 Å². The van der Waals surface area contributed by atoms with E-state index in [0.717, 1.165) is 11.8 Å². The molecule has 2 aromatic carbocycles. The first kappa shape index (κ1) is 13.0. The summed E-state index contributed by atoms with van der Waals surface area (Å²) in [6.07, 6.45) is 0. The predicted octanol–water partition coefficient (Wildman–Crippen LogP) is 3.26. The van der Waals surface area contributed by atoms with Crippen LogP contribution in [0.25, 0.3) is 0 Å². The van der Waals surface area contributed by atoms with E-state index in [0.29, 0.717) is 5.56 Å². The van der Waals surface area contributed by atoms with Crippen molar-refractivity contribution in [2.75, 3.05) is 17.7 Å². The minimum Gasteiger partial charge on any atom is -0.388 e. The molecule has 2 N–H and O–H groups in total. The van der Waals surface area contributed by atoms with Crippen LogP contribution in [0.2, 0.25) is 0 Å². The van der Waals surface area contributed by atoms with Crippen molar-refractivity contribution in [2.24, 2.45) is 0 Å². The smallest absolute Gasteiger partial charge is 0.255 e. The summed E-state index contributed by atoms with van der Waals surface area (Å²) in [6.45, 7) is 0. The maximum atomic E-state index is 13.4. The van der Waals surface area contributed by atoms with Crippen molar-refractivity contribution in [2.45, 2.75) is 0 Å². The van der Waals surface area contributed by atoms with Crippen LogP contribution in [0.5, 0.6) is 0 Å². The largest absolute Gasteiger partial charge is 0.388 e. The van der Waals surface area contributed by atoms with Gasteiger partial charge < -0.3 is 10.6 Å². The Labute approximate surface area is 109 Å². The molecule has 98 valence electrons. The Balaban J connectivity index is 2.18. The van der Waals surface area contributed by atoms with E-state index in [4.69, 9.17) is 0 Å². The average molecular weight is 262 g/mol. The lowest BCUT2D eigenvalue weighted by Crippen LogP contribution is -2.13. The van der Waals surface area contributed by atoms with Gasteiger partial charge in [-0.1, -0.05) is 6.07 Å². The second kappa shape index (κ2) is 5.48. The van der Waals surface area contributed by atoms with Gasteiger partial charge in [0.05, 0.1) is 5.69 Å². The standard InChI is InChI=1S/C14H12F2N2O/c1-17-10-7-5-9(6-8-10)14(19)18-12-4-2-3-11(15)13(12)16/h2-8,17H,1H3,(H,18,19). The molecule has 19 heavy (non-hydrogen) atoms. The average Bonchev–Trinajstić information content (AvgIpc) is 2.44. The number of nitrogens with one attached hydrogen (secondary N) is 2. The molecule has 0 heterocycles. The predicted molar refractivity (Wildman–Crippen MR) is 70.3 cm³/mol. The van der Waals surface area contributed by atoms with Crippen LogP contribution in [0, 0.1) is 11.6 Å². The van der Waals surface area contributed by atoms with Crippen LogP contribution in [-0.2, 0) is 0 Å². The number of carbonyl (C=O) groups excluding carboxylic acids is 1. The molecular formula is C14H12F2N2O. The van der Waals surface area contributed by atoms with Gasteiger partial charge in [-0.25, -0.2) is 8.78 Å². The summed E-state index contributed by atoms with van der Waals surface area (Å²) in [7, 11) is 1.76. The van der Waals surface area contributed by atoms with Crippen LogP contribution in [-0.4, -0.2) is 13.0 Å². The highest BCUT2D eigenvalue weighted by molar-refractivity contribution is 6.04. The molecular weight excluding hydrogens is 250 g/mol. The molecule has 0 aliphatic rings. The highest BCUT2D eigenvalue weighted by Crippen LogP contribution is 2.18. The second-order valence-electron chi connectivity index (χ2n) is 3.88. The zero-order valence-electron chi connectivity index (χ0n) is 10.2. The number of benzene rings is 2. The fourth-order valence-electron chi connectivity index (χ4n) is 1.58. The van der Waals surface area contributed by atoms with Gasteiger partial charge in [-0.05, 0) is 36.4 Å². The van der Waals surface area contributed by atoms with Crippen LogP contribution in [0.1, 0.15) is 10.4 Å². The van der Waals surface area contributed by atoms with Gasteiger partial charge in [0.2, 0.25) is 0 Å². The molecule has 0 spiro atoms. The van der Waals surface area contributed by atoms with Gasteiger partial charge in [-0.15, -0.1) is 0 Å². The first-order chi connectivity index (χ1) is 9.11. The van der Waals surface area contributed by atoms with E-state index in [-0.39, 0.29) is 5.69 Å². The van der Waals surface area contributed by atoms with E-state index < -0.39 is 17.5 Å². The van der Waals surface area contributed by atoms with Crippen LogP contribution in [0.4, 0.5) is 20.2 Å². The summed E-state index contributed by atoms with van der Waals surface area (Å²) < 4.78 is 26.4. The van der Waals surface area contributed by atoms with Gasteiger partial charge in [0.15, 0.2) is 11.6 Å². The van der Waals surface area contributed by atoms with E-state index in [1.807, 2.05) is 0 Å². The number of rotatable bonds is 3. The van der Waals surface area contributed by atoms with Gasteiger partial charge in [-0.3, -0.25) is 4.79 Å². The molecule has 0 bridgehead atoms. The summed E-state index contributed by atoms with van der Waals surface area (Å²) in [5.41, 5.74) is 1.04. The summed E-state index contributed by atoms with van der Waals surface area (Å²) in [6, 6.07) is 10.3. The van der Waals surface area contributed by atoms with Gasteiger partial charge in [0.1, 0.15) is 0 Å². The molecule has 0 aromatic heterocycles. The number of hydrogen-bond acceptors (Lipinski definition) is 2. The minimum absolute atomic E-state index is 0.178. The second-order valence-corrected chi connectivity index (χ2v) is 3.88. The maximum absolute atomic E-state index is 13.4. The van der Waals surface area contributed by atoms with Gasteiger partial charge in [0.25, 0.3) is 5.91 Å². The van der Waals surface area contributed by atoms with Gasteiger partial charge in [-0.2, -0.15) is 0 Å². The minimum atomic E-state index is -1.07. The molecule has 0 aliphatic heterocycles. The van der Waals surface area contributed by atoms with E-state index in [2.05, 4.69) is 10.6 Å². The van der Waals surface area contributed by atoms with Crippen molar-refractivity contribution in [3.8, 4) is 0 Å². The van der Waals surface area contributed by atoms with E-state index >= 15 is 0 Å². The molecule has 0 saturated carbocycles. The molecule has 0 atom stereocenters. The lowest BCUT2D eigenvalue weighted by atomic mass is 10.2. The molecule has 0 saturated heterocycles. The topological polar surface area (TPSA) is 41.1 Å². The van der Waals surface area contributed by atoms with Crippen molar-refractivity contribution in [3.63, 3.8) is 0 Å². The van der Waals surface area contributed by atoms with Crippen molar-refractivity contribution >= 4 is 17.3 Å². The number of amides is 1. The highest BCUT2D eigenvalue weighted by Gasteiger charge is 2.11. The molecule has 0 aliphatic carbocycles. The summed E-state index contributed by atoms with van der Waals surface area (Å²) in [4.78, 5) is 11.9. The number of carbonyl (C=O) groups is 1. The number of anilines is 2. The van der Waals surface area contributed by atoms with Crippen molar-refractivity contribution in [1.82, 2.24) is 0 Å². The SMILES string of the molecule is CNc1ccc(C(=O)Nc2cccc(F)c2F)cc1. The Bertz CT molecular complexity index is 597. The monoisotopic (exact) mass is 262 g/mol. The first-order valence-electron chi connectivity index (χ1n) is 5.65. The zero-order chi connectivity index (χ0) is 13.8. The Hall–Kier alpha value is -2.43.